The molecule has 0 amide bonds. The molecule has 0 rings (SSSR count). The van der Waals surface area contributed by atoms with E-state index < -0.39 is 23.8 Å². The number of carboxylic acid groups (broad SMARTS) is 2. The fourth-order valence-corrected chi connectivity index (χ4v) is 5.55. The first-order chi connectivity index (χ1) is 9.73. The minimum atomic E-state index is -1.01. The Morgan fingerprint density at radius 2 is 1.14 bits per heavy atom. The molecule has 120 valence electrons. The molecule has 0 aliphatic rings. The lowest BCUT2D eigenvalue weighted by Crippen LogP contribution is -2.19. The molecule has 21 heavy (non-hydrogen) atoms. The monoisotopic (exact) mass is 354 g/mol. The van der Waals surface area contributed by atoms with Crippen LogP contribution in [0.15, 0.2) is 0 Å². The number of ketones is 2. The average molecular weight is 354 g/mol. The highest BCUT2D eigenvalue weighted by atomic mass is 33.5. The Kier molecular flexibility index (Phi) is 10.6. The summed E-state index contributed by atoms with van der Waals surface area (Å²) < 4.78 is 0. The van der Waals surface area contributed by atoms with Crippen molar-refractivity contribution in [3.05, 3.63) is 0 Å². The van der Waals surface area contributed by atoms with Crippen molar-refractivity contribution in [2.45, 2.75) is 26.7 Å². The highest BCUT2D eigenvalue weighted by Crippen LogP contribution is 2.37. The van der Waals surface area contributed by atoms with E-state index in [-0.39, 0.29) is 35.9 Å². The van der Waals surface area contributed by atoms with Crippen molar-refractivity contribution >= 4 is 54.9 Å². The quantitative estimate of drug-likeness (QED) is 0.403. The minimum Gasteiger partial charge on any atom is -0.481 e. The van der Waals surface area contributed by atoms with Crippen LogP contribution in [0.25, 0.3) is 0 Å². The smallest absolute Gasteiger partial charge is 0.307 e. The zero-order chi connectivity index (χ0) is 16.4. The maximum absolute atomic E-state index is 10.9. The minimum absolute atomic E-state index is 0.00432. The van der Waals surface area contributed by atoms with Crippen LogP contribution in [0.1, 0.15) is 26.7 Å². The Bertz CT molecular complexity index is 362. The normalized spacial score (nSPS) is 13.4. The second kappa shape index (κ2) is 11.0. The molecule has 2 N–H and O–H groups in total. The zero-order valence-electron chi connectivity index (χ0n) is 11.7. The summed E-state index contributed by atoms with van der Waals surface area (Å²) in [6.45, 7) is 2.70. The van der Waals surface area contributed by atoms with Crippen molar-refractivity contribution in [2.75, 3.05) is 11.5 Å². The van der Waals surface area contributed by atoms with Gasteiger partial charge in [-0.3, -0.25) is 9.59 Å². The molecule has 0 aliphatic heterocycles. The molecule has 0 aromatic rings. The molecule has 2 atom stereocenters. The Morgan fingerprint density at radius 1 is 0.810 bits per heavy atom. The molecule has 6 nitrogen and oxygen atoms in total. The first-order valence-electron chi connectivity index (χ1n) is 6.09. The number of aliphatic carboxylic acids is 2. The van der Waals surface area contributed by atoms with Gasteiger partial charge in [0.1, 0.15) is 11.6 Å². The van der Waals surface area contributed by atoms with E-state index >= 15 is 0 Å². The Labute approximate surface area is 134 Å². The predicted octanol–water partition coefficient (Wildman–Crippen LogP) is 2.38. The molecule has 0 saturated carbocycles. The second-order valence-electron chi connectivity index (χ2n) is 4.52. The van der Waals surface area contributed by atoms with Gasteiger partial charge in [-0.15, -0.1) is 0 Å². The summed E-state index contributed by atoms with van der Waals surface area (Å²) in [6.07, 6.45) is -0.00864. The lowest BCUT2D eigenvalue weighted by atomic mass is 10.1. The lowest BCUT2D eigenvalue weighted by molar-refractivity contribution is -0.143. The van der Waals surface area contributed by atoms with Crippen molar-refractivity contribution in [1.29, 1.82) is 0 Å². The van der Waals surface area contributed by atoms with Gasteiger partial charge in [0, 0.05) is 24.3 Å². The van der Waals surface area contributed by atoms with Gasteiger partial charge in [-0.05, 0) is 23.7 Å². The van der Waals surface area contributed by atoms with Gasteiger partial charge >= 0.3 is 11.9 Å². The highest BCUT2D eigenvalue weighted by Gasteiger charge is 2.21. The number of hydrogen-bond acceptors (Lipinski definition) is 7. The molecule has 0 heterocycles. The summed E-state index contributed by atoms with van der Waals surface area (Å²) in [5.41, 5.74) is 0. The maximum Gasteiger partial charge on any atom is 0.307 e. The van der Waals surface area contributed by atoms with E-state index in [0.29, 0.717) is 0 Å². The van der Waals surface area contributed by atoms with E-state index in [1.807, 2.05) is 0 Å². The number of Topliss-reactive ketones (excluding diaryl/α,β-unsaturated/α-hetero) is 2. The number of carbonyl (C=O) groups excluding carboxylic acids is 2. The number of rotatable bonds is 12. The van der Waals surface area contributed by atoms with Crippen LogP contribution in [-0.2, 0) is 19.2 Å². The van der Waals surface area contributed by atoms with Crippen molar-refractivity contribution < 1.29 is 29.4 Å². The van der Waals surface area contributed by atoms with Crippen LogP contribution in [0.3, 0.4) is 0 Å². The van der Waals surface area contributed by atoms with Gasteiger partial charge in [0.05, 0.1) is 11.8 Å². The van der Waals surface area contributed by atoms with Crippen molar-refractivity contribution in [2.24, 2.45) is 11.8 Å². The van der Waals surface area contributed by atoms with E-state index in [4.69, 9.17) is 10.2 Å². The van der Waals surface area contributed by atoms with Gasteiger partial charge in [-0.1, -0.05) is 21.6 Å². The van der Waals surface area contributed by atoms with Gasteiger partial charge in [0.2, 0.25) is 0 Å². The largest absolute Gasteiger partial charge is 0.481 e. The standard InChI is InChI=1S/C12H18O6S3/c1-7(13)3-9(11(15)16)5-19-21-20-6-10(12(17)18)4-8(2)14/h9-10H,3-6H2,1-2H3,(H,15,16)(H,17,18)/t9-,10-/m0/s1. The van der Waals surface area contributed by atoms with Crippen LogP contribution in [-0.4, -0.2) is 45.2 Å². The Hall–Kier alpha value is -0.670. The van der Waals surface area contributed by atoms with Gasteiger partial charge in [-0.25, -0.2) is 0 Å². The van der Waals surface area contributed by atoms with Crippen LogP contribution in [0.4, 0.5) is 0 Å². The van der Waals surface area contributed by atoms with Crippen molar-refractivity contribution in [3.63, 3.8) is 0 Å². The van der Waals surface area contributed by atoms with Crippen LogP contribution < -0.4 is 0 Å². The third-order valence-electron chi connectivity index (χ3n) is 2.40. The Morgan fingerprint density at radius 3 is 1.38 bits per heavy atom. The summed E-state index contributed by atoms with van der Waals surface area (Å²) in [5, 5.41) is 17.9. The molecule has 0 aliphatic carbocycles. The molecule has 0 fully saturated rings. The summed E-state index contributed by atoms with van der Waals surface area (Å²) >= 11 is 0. The van der Waals surface area contributed by atoms with Crippen LogP contribution in [0.2, 0.25) is 0 Å². The summed E-state index contributed by atoms with van der Waals surface area (Å²) in [6, 6.07) is 0. The van der Waals surface area contributed by atoms with Crippen molar-refractivity contribution in [1.82, 2.24) is 0 Å². The SMILES string of the molecule is CC(=O)C[C@@H](CSSSC[C@H](CC(C)=O)C(=O)O)C(=O)O. The fraction of sp³-hybridized carbons (Fsp3) is 0.667. The van der Waals surface area contributed by atoms with Crippen molar-refractivity contribution in [3.8, 4) is 0 Å². The molecule has 0 bridgehead atoms. The average Bonchev–Trinajstić information content (AvgIpc) is 2.34. The first kappa shape index (κ1) is 20.3. The molecule has 0 aromatic carbocycles. The number of carboxylic acids is 2. The summed E-state index contributed by atoms with van der Waals surface area (Å²) in [4.78, 5) is 43.7. The summed E-state index contributed by atoms with van der Waals surface area (Å²) in [7, 11) is 3.83. The molecule has 0 spiro atoms. The van der Waals surface area contributed by atoms with Gasteiger partial charge < -0.3 is 19.8 Å². The third-order valence-corrected chi connectivity index (χ3v) is 6.80. The van der Waals surface area contributed by atoms with Gasteiger partial charge in [0.15, 0.2) is 0 Å². The zero-order valence-corrected chi connectivity index (χ0v) is 14.2. The lowest BCUT2D eigenvalue weighted by Gasteiger charge is -2.11. The van der Waals surface area contributed by atoms with E-state index in [1.54, 1.807) is 0 Å². The molecular formula is C12H18O6S3. The molecular weight excluding hydrogens is 336 g/mol. The number of carbonyl (C=O) groups is 4. The van der Waals surface area contributed by atoms with Gasteiger partial charge in [-0.2, -0.15) is 0 Å². The number of hydrogen-bond donors (Lipinski definition) is 2. The topological polar surface area (TPSA) is 109 Å². The fourth-order valence-electron chi connectivity index (χ4n) is 1.38. The molecule has 9 heteroatoms. The maximum atomic E-state index is 10.9. The van der Waals surface area contributed by atoms with E-state index in [9.17, 15) is 19.2 Å². The van der Waals surface area contributed by atoms with E-state index in [2.05, 4.69) is 0 Å². The van der Waals surface area contributed by atoms with Crippen LogP contribution in [0, 0.1) is 11.8 Å². The first-order valence-corrected chi connectivity index (χ1v) is 9.91. The van der Waals surface area contributed by atoms with Crippen LogP contribution in [0.5, 0.6) is 0 Å². The Balaban J connectivity index is 4.01. The van der Waals surface area contributed by atoms with Crippen LogP contribution >= 0.6 is 31.4 Å². The predicted molar refractivity (Wildman–Crippen MR) is 85.4 cm³/mol. The molecule has 0 saturated heterocycles. The van der Waals surface area contributed by atoms with E-state index in [1.165, 1.54) is 45.3 Å². The second-order valence-corrected chi connectivity index (χ2v) is 8.84. The van der Waals surface area contributed by atoms with Gasteiger partial charge in [0.25, 0.3) is 0 Å². The summed E-state index contributed by atoms with van der Waals surface area (Å²) in [5.74, 6) is -3.28. The highest BCUT2D eigenvalue weighted by molar-refractivity contribution is 9.09. The molecule has 0 unspecified atom stereocenters. The molecule has 0 radical (unpaired) electrons. The third kappa shape index (κ3) is 10.7. The molecule has 0 aromatic heterocycles. The van der Waals surface area contributed by atoms with E-state index in [0.717, 1.165) is 0 Å².